The molecule has 0 spiro atoms. The van der Waals surface area contributed by atoms with E-state index in [1.807, 2.05) is 13.0 Å². The molecule has 1 aromatic carbocycles. The Bertz CT molecular complexity index is 662. The molecule has 28 heavy (non-hydrogen) atoms. The fraction of sp³-hybridized carbons (Fsp3) is 0.545. The minimum absolute atomic E-state index is 0.169. The third-order valence-electron chi connectivity index (χ3n) is 6.05. The summed E-state index contributed by atoms with van der Waals surface area (Å²) in [5.41, 5.74) is 1.23. The number of hydrogen-bond acceptors (Lipinski definition) is 2. The van der Waals surface area contributed by atoms with Crippen LogP contribution in [-0.2, 0) is 4.79 Å². The van der Waals surface area contributed by atoms with Crippen LogP contribution in [0.1, 0.15) is 38.2 Å². The first-order valence-corrected chi connectivity index (χ1v) is 10.6. The monoisotopic (exact) mass is 386 g/mol. The van der Waals surface area contributed by atoms with Gasteiger partial charge in [-0.3, -0.25) is 10.1 Å². The van der Waals surface area contributed by atoms with Gasteiger partial charge in [-0.2, -0.15) is 0 Å². The summed E-state index contributed by atoms with van der Waals surface area (Å²) in [5, 5.41) is 5.46. The lowest BCUT2D eigenvalue weighted by Crippen LogP contribution is -3.30. The highest BCUT2D eigenvalue weighted by atomic mass is 16.2. The highest BCUT2D eigenvalue weighted by Gasteiger charge is 2.31. The number of carbonyl (C=O) groups is 2. The number of piperazine rings is 1. The summed E-state index contributed by atoms with van der Waals surface area (Å²) in [6.07, 6.45) is 8.77. The van der Waals surface area contributed by atoms with E-state index in [2.05, 4.69) is 47.1 Å². The van der Waals surface area contributed by atoms with Crippen LogP contribution in [0, 0.1) is 0 Å². The summed E-state index contributed by atoms with van der Waals surface area (Å²) in [6.45, 7) is 6.92. The summed E-state index contributed by atoms with van der Waals surface area (Å²) in [5.74, 6) is -0.169. The van der Waals surface area contributed by atoms with Crippen molar-refractivity contribution in [1.82, 2.24) is 10.6 Å². The van der Waals surface area contributed by atoms with Crippen LogP contribution in [-0.4, -0.2) is 56.7 Å². The lowest BCUT2D eigenvalue weighted by Gasteiger charge is -2.32. The number of nitrogens with one attached hydrogen (secondary N) is 4. The van der Waals surface area contributed by atoms with Crippen molar-refractivity contribution >= 4 is 18.0 Å². The number of urea groups is 1. The van der Waals surface area contributed by atoms with Crippen molar-refractivity contribution in [3.63, 3.8) is 0 Å². The molecule has 0 aromatic heterocycles. The van der Waals surface area contributed by atoms with Crippen molar-refractivity contribution < 1.29 is 19.4 Å². The van der Waals surface area contributed by atoms with E-state index in [-0.39, 0.29) is 24.0 Å². The second-order valence-corrected chi connectivity index (χ2v) is 8.09. The van der Waals surface area contributed by atoms with Gasteiger partial charge in [-0.05, 0) is 31.4 Å². The molecule has 1 aromatic rings. The molecule has 2 fully saturated rings. The van der Waals surface area contributed by atoms with Crippen LogP contribution in [0.15, 0.2) is 36.4 Å². The molecule has 6 nitrogen and oxygen atoms in total. The molecule has 0 bridgehead atoms. The van der Waals surface area contributed by atoms with Crippen molar-refractivity contribution in [2.75, 3.05) is 32.7 Å². The maximum atomic E-state index is 12.4. The normalized spacial score (nSPS) is 24.2. The number of hydrogen-bond donors (Lipinski definition) is 4. The molecule has 3 rings (SSSR count). The topological polar surface area (TPSA) is 67.1 Å². The summed E-state index contributed by atoms with van der Waals surface area (Å²) in [7, 11) is 0. The molecule has 0 radical (unpaired) electrons. The quantitative estimate of drug-likeness (QED) is 0.540. The van der Waals surface area contributed by atoms with Crippen molar-refractivity contribution in [1.29, 1.82) is 0 Å². The number of carbonyl (C=O) groups excluding carboxylic acids is 2. The van der Waals surface area contributed by atoms with E-state index < -0.39 is 0 Å². The molecular formula is C22H34N4O2+2. The fourth-order valence-electron chi connectivity index (χ4n) is 4.18. The zero-order valence-corrected chi connectivity index (χ0v) is 16.9. The van der Waals surface area contributed by atoms with Gasteiger partial charge in [-0.1, -0.05) is 49.2 Å². The molecule has 4 N–H and O–H groups in total. The summed E-state index contributed by atoms with van der Waals surface area (Å²) in [4.78, 5) is 27.3. The van der Waals surface area contributed by atoms with Crippen molar-refractivity contribution in [2.45, 2.75) is 44.7 Å². The summed E-state index contributed by atoms with van der Waals surface area (Å²) >= 11 is 0. The number of benzene rings is 1. The van der Waals surface area contributed by atoms with Gasteiger partial charge in [0.05, 0.1) is 6.54 Å². The van der Waals surface area contributed by atoms with Crippen LogP contribution >= 0.6 is 0 Å². The largest absolute Gasteiger partial charge is 0.335 e. The van der Waals surface area contributed by atoms with Gasteiger partial charge >= 0.3 is 6.03 Å². The third kappa shape index (κ3) is 6.17. The van der Waals surface area contributed by atoms with Crippen LogP contribution in [0.2, 0.25) is 0 Å². The third-order valence-corrected chi connectivity index (χ3v) is 6.05. The van der Waals surface area contributed by atoms with E-state index in [9.17, 15) is 9.59 Å². The maximum Gasteiger partial charge on any atom is 0.321 e. The number of quaternary nitrogens is 2. The van der Waals surface area contributed by atoms with E-state index >= 15 is 0 Å². The van der Waals surface area contributed by atoms with Gasteiger partial charge in [0.1, 0.15) is 26.2 Å². The predicted octanol–water partition coefficient (Wildman–Crippen LogP) is -0.360. The van der Waals surface area contributed by atoms with Gasteiger partial charge in [0, 0.05) is 6.04 Å². The van der Waals surface area contributed by atoms with Gasteiger partial charge in [0.2, 0.25) is 0 Å². The molecule has 2 aliphatic rings. The van der Waals surface area contributed by atoms with E-state index in [0.717, 1.165) is 58.4 Å². The first kappa shape index (κ1) is 20.6. The minimum atomic E-state index is -0.335. The molecular weight excluding hydrogens is 352 g/mol. The van der Waals surface area contributed by atoms with E-state index in [1.54, 1.807) is 4.90 Å². The van der Waals surface area contributed by atoms with Crippen molar-refractivity contribution in [3.05, 3.63) is 42.0 Å². The maximum absolute atomic E-state index is 12.4. The van der Waals surface area contributed by atoms with Crippen LogP contribution in [0.25, 0.3) is 6.08 Å². The summed E-state index contributed by atoms with van der Waals surface area (Å²) < 4.78 is 0. The van der Waals surface area contributed by atoms with E-state index in [4.69, 9.17) is 0 Å². The second kappa shape index (κ2) is 10.4. The Balaban J connectivity index is 1.36. The molecule has 1 aliphatic heterocycles. The number of imide groups is 1. The van der Waals surface area contributed by atoms with E-state index in [1.165, 1.54) is 10.5 Å². The minimum Gasteiger partial charge on any atom is -0.335 e. The molecule has 6 heteroatoms. The van der Waals surface area contributed by atoms with Gasteiger partial charge in [0.25, 0.3) is 5.91 Å². The van der Waals surface area contributed by atoms with Gasteiger partial charge in [0.15, 0.2) is 6.04 Å². The van der Waals surface area contributed by atoms with Crippen LogP contribution in [0.3, 0.4) is 0 Å². The zero-order chi connectivity index (χ0) is 19.8. The van der Waals surface area contributed by atoms with Gasteiger partial charge < -0.3 is 15.1 Å². The Morgan fingerprint density at radius 2 is 1.79 bits per heavy atom. The van der Waals surface area contributed by atoms with Crippen LogP contribution in [0.4, 0.5) is 4.79 Å². The van der Waals surface area contributed by atoms with E-state index in [0.29, 0.717) is 0 Å². The Morgan fingerprint density at radius 1 is 1.11 bits per heavy atom. The van der Waals surface area contributed by atoms with Crippen molar-refractivity contribution in [3.8, 4) is 0 Å². The Hall–Kier alpha value is -2.18. The summed E-state index contributed by atoms with van der Waals surface area (Å²) in [6, 6.07) is 10.0. The van der Waals surface area contributed by atoms with Crippen LogP contribution in [0.5, 0.6) is 0 Å². The van der Waals surface area contributed by atoms with Gasteiger partial charge in [-0.25, -0.2) is 4.79 Å². The smallest absolute Gasteiger partial charge is 0.321 e. The number of rotatable bonds is 6. The molecule has 1 saturated carbocycles. The van der Waals surface area contributed by atoms with Gasteiger partial charge in [-0.15, -0.1) is 0 Å². The first-order valence-electron chi connectivity index (χ1n) is 10.6. The molecule has 0 unspecified atom stereocenters. The first-order chi connectivity index (χ1) is 13.6. The molecule has 1 saturated heterocycles. The molecule has 1 heterocycles. The van der Waals surface area contributed by atoms with Crippen molar-refractivity contribution in [2.24, 2.45) is 0 Å². The standard InChI is InChI=1S/C22H32N4O2/c1-18(21(27)24-22(28)23-20-11-5-6-12-20)26-16-14-25(15-17-26)13-7-10-19-8-3-2-4-9-19/h2-4,7-10,18,20H,5-6,11-17H2,1H3,(H2,23,24,27,28)/p+2/b10-7+/t18-/m1/s1. The second-order valence-electron chi connectivity index (χ2n) is 8.09. The predicted molar refractivity (Wildman–Crippen MR) is 110 cm³/mol. The lowest BCUT2D eigenvalue weighted by molar-refractivity contribution is -1.02. The number of amides is 3. The van der Waals surface area contributed by atoms with Crippen LogP contribution < -0.4 is 20.4 Å². The fourth-order valence-corrected chi connectivity index (χ4v) is 4.18. The SMILES string of the molecule is C[C@H](C(=O)NC(=O)NC1CCCC1)[NH+]1CC[NH+](C/C=C/c2ccccc2)CC1. The molecule has 152 valence electrons. The molecule has 3 amide bonds. The zero-order valence-electron chi connectivity index (χ0n) is 16.9. The molecule has 1 atom stereocenters. The Morgan fingerprint density at radius 3 is 2.46 bits per heavy atom. The average molecular weight is 387 g/mol. The Kier molecular flexibility index (Phi) is 7.62. The highest BCUT2D eigenvalue weighted by Crippen LogP contribution is 2.17. The highest BCUT2D eigenvalue weighted by molar-refractivity contribution is 5.96. The Labute approximate surface area is 168 Å². The lowest BCUT2D eigenvalue weighted by atomic mass is 10.2. The average Bonchev–Trinajstić information content (AvgIpc) is 3.21. The molecule has 1 aliphatic carbocycles.